The number of hydrogen-bond donors (Lipinski definition) is 1. The fourth-order valence-corrected chi connectivity index (χ4v) is 3.39. The fourth-order valence-electron chi connectivity index (χ4n) is 3.39. The lowest BCUT2D eigenvalue weighted by atomic mass is 10.1. The zero-order chi connectivity index (χ0) is 23.9. The number of carbonyl (C=O) groups excluding carboxylic acids is 1. The number of methoxy groups -OCH3 is 1. The summed E-state index contributed by atoms with van der Waals surface area (Å²) in [6.45, 7) is 0.483. The van der Waals surface area contributed by atoms with Crippen LogP contribution < -0.4 is 14.8 Å². The predicted octanol–water partition coefficient (Wildman–Crippen LogP) is 4.71. The van der Waals surface area contributed by atoms with E-state index in [4.69, 9.17) is 9.47 Å². The molecule has 0 unspecified atom stereocenters. The van der Waals surface area contributed by atoms with E-state index >= 15 is 0 Å². The van der Waals surface area contributed by atoms with Gasteiger partial charge < -0.3 is 14.8 Å². The molecule has 0 saturated carbocycles. The summed E-state index contributed by atoms with van der Waals surface area (Å²) in [5.41, 5.74) is 2.36. The van der Waals surface area contributed by atoms with Gasteiger partial charge in [0, 0.05) is 6.54 Å². The number of para-hydroxylation sites is 1. The van der Waals surface area contributed by atoms with E-state index in [0.717, 1.165) is 16.9 Å². The van der Waals surface area contributed by atoms with Gasteiger partial charge in [-0.3, -0.25) is 4.79 Å². The van der Waals surface area contributed by atoms with E-state index in [1.807, 2.05) is 24.3 Å². The average Bonchev–Trinajstić information content (AvgIpc) is 3.29. The molecule has 3 aromatic carbocycles. The number of benzene rings is 3. The van der Waals surface area contributed by atoms with Gasteiger partial charge in [-0.15, -0.1) is 0 Å². The van der Waals surface area contributed by atoms with Crippen molar-refractivity contribution in [1.29, 1.82) is 0 Å². The summed E-state index contributed by atoms with van der Waals surface area (Å²) in [6.07, 6.45) is 2.13. The van der Waals surface area contributed by atoms with Crippen molar-refractivity contribution < 1.29 is 23.0 Å². The Morgan fingerprint density at radius 3 is 2.32 bits per heavy atom. The van der Waals surface area contributed by atoms with E-state index in [2.05, 4.69) is 10.4 Å². The number of rotatable bonds is 9. The lowest BCUT2D eigenvalue weighted by Crippen LogP contribution is -2.26. The number of nitrogens with one attached hydrogen (secondary N) is 1. The minimum atomic E-state index is -0.412. The van der Waals surface area contributed by atoms with Gasteiger partial charge in [0.15, 0.2) is 11.4 Å². The molecule has 1 heterocycles. The van der Waals surface area contributed by atoms with Gasteiger partial charge in [-0.25, -0.2) is 13.5 Å². The Kier molecular flexibility index (Phi) is 7.17. The highest BCUT2D eigenvalue weighted by Crippen LogP contribution is 2.22. The summed E-state index contributed by atoms with van der Waals surface area (Å²) in [4.78, 5) is 13.0. The van der Waals surface area contributed by atoms with Crippen LogP contribution in [0.4, 0.5) is 8.78 Å². The van der Waals surface area contributed by atoms with E-state index < -0.39 is 5.91 Å². The molecule has 0 aliphatic carbocycles. The predicted molar refractivity (Wildman–Crippen MR) is 123 cm³/mol. The van der Waals surface area contributed by atoms with E-state index in [1.165, 1.54) is 28.9 Å². The Hall–Kier alpha value is -4.20. The standard InChI is InChI=1S/C26H23F2N3O3/c1-33-23-5-3-2-4-19(23)14-15-29-26(32)25-24(34-17-18-6-8-20(27)9-7-18)16-31(30-25)22-12-10-21(28)11-13-22/h2-13,16H,14-15,17H2,1H3,(H,29,32). The van der Waals surface area contributed by atoms with Crippen molar-refractivity contribution in [1.82, 2.24) is 15.1 Å². The zero-order valence-electron chi connectivity index (χ0n) is 18.5. The van der Waals surface area contributed by atoms with Crippen molar-refractivity contribution in [3.63, 3.8) is 0 Å². The van der Waals surface area contributed by atoms with Crippen LogP contribution in [0.3, 0.4) is 0 Å². The quantitative estimate of drug-likeness (QED) is 0.391. The maximum absolute atomic E-state index is 13.3. The van der Waals surface area contributed by atoms with E-state index in [1.54, 1.807) is 37.6 Å². The highest BCUT2D eigenvalue weighted by atomic mass is 19.1. The smallest absolute Gasteiger partial charge is 0.275 e. The number of halogens is 2. The number of ether oxygens (including phenoxy) is 2. The minimum absolute atomic E-state index is 0.0893. The van der Waals surface area contributed by atoms with Crippen LogP contribution in [-0.2, 0) is 13.0 Å². The Morgan fingerprint density at radius 2 is 1.62 bits per heavy atom. The second-order valence-corrected chi connectivity index (χ2v) is 7.50. The number of amides is 1. The molecule has 4 rings (SSSR count). The normalized spacial score (nSPS) is 10.7. The summed E-state index contributed by atoms with van der Waals surface area (Å²) >= 11 is 0. The van der Waals surface area contributed by atoms with Crippen molar-refractivity contribution in [3.8, 4) is 17.2 Å². The van der Waals surface area contributed by atoms with Gasteiger partial charge in [0.2, 0.25) is 0 Å². The fraction of sp³-hybridized carbons (Fsp3) is 0.154. The lowest BCUT2D eigenvalue weighted by molar-refractivity contribution is 0.0944. The van der Waals surface area contributed by atoms with Gasteiger partial charge in [-0.05, 0) is 60.0 Å². The van der Waals surface area contributed by atoms with Crippen LogP contribution in [-0.4, -0.2) is 29.3 Å². The first-order chi connectivity index (χ1) is 16.5. The van der Waals surface area contributed by atoms with Crippen LogP contribution >= 0.6 is 0 Å². The second-order valence-electron chi connectivity index (χ2n) is 7.50. The van der Waals surface area contributed by atoms with Crippen molar-refractivity contribution in [3.05, 3.63) is 107 Å². The molecule has 1 aromatic heterocycles. The topological polar surface area (TPSA) is 65.4 Å². The van der Waals surface area contributed by atoms with Crippen LogP contribution in [0.1, 0.15) is 21.6 Å². The van der Waals surface area contributed by atoms with Gasteiger partial charge in [0.05, 0.1) is 19.0 Å². The Morgan fingerprint density at radius 1 is 0.941 bits per heavy atom. The van der Waals surface area contributed by atoms with Crippen molar-refractivity contribution in [2.75, 3.05) is 13.7 Å². The number of carbonyl (C=O) groups is 1. The third-order valence-electron chi connectivity index (χ3n) is 5.17. The Labute approximate surface area is 195 Å². The number of nitrogens with zero attached hydrogens (tertiary/aromatic N) is 2. The van der Waals surface area contributed by atoms with Crippen LogP contribution in [0, 0.1) is 11.6 Å². The van der Waals surface area contributed by atoms with E-state index in [0.29, 0.717) is 18.7 Å². The molecule has 0 fully saturated rings. The molecule has 4 aromatic rings. The SMILES string of the molecule is COc1ccccc1CCNC(=O)c1nn(-c2ccc(F)cc2)cc1OCc1ccc(F)cc1. The molecular formula is C26H23F2N3O3. The molecule has 1 N–H and O–H groups in total. The molecular weight excluding hydrogens is 440 g/mol. The highest BCUT2D eigenvalue weighted by molar-refractivity contribution is 5.95. The first-order valence-corrected chi connectivity index (χ1v) is 10.7. The molecule has 0 aliphatic heterocycles. The molecule has 0 atom stereocenters. The minimum Gasteiger partial charge on any atom is -0.496 e. The summed E-state index contributed by atoms with van der Waals surface area (Å²) in [6, 6.07) is 19.2. The lowest BCUT2D eigenvalue weighted by Gasteiger charge is -2.09. The highest BCUT2D eigenvalue weighted by Gasteiger charge is 2.19. The van der Waals surface area contributed by atoms with Gasteiger partial charge >= 0.3 is 0 Å². The number of aromatic nitrogens is 2. The van der Waals surface area contributed by atoms with E-state index in [9.17, 15) is 13.6 Å². The van der Waals surface area contributed by atoms with E-state index in [-0.39, 0.29) is 29.7 Å². The maximum atomic E-state index is 13.3. The van der Waals surface area contributed by atoms with Crippen LogP contribution in [0.25, 0.3) is 5.69 Å². The van der Waals surface area contributed by atoms with Gasteiger partial charge in [0.1, 0.15) is 24.0 Å². The first kappa shape index (κ1) is 23.0. The molecule has 0 bridgehead atoms. The molecule has 174 valence electrons. The molecule has 8 heteroatoms. The van der Waals surface area contributed by atoms with Crippen molar-refractivity contribution in [2.24, 2.45) is 0 Å². The summed E-state index contributed by atoms with van der Waals surface area (Å²) in [5, 5.41) is 7.23. The van der Waals surface area contributed by atoms with Crippen molar-refractivity contribution in [2.45, 2.75) is 13.0 Å². The Balaban J connectivity index is 1.51. The van der Waals surface area contributed by atoms with Crippen molar-refractivity contribution >= 4 is 5.91 Å². The zero-order valence-corrected chi connectivity index (χ0v) is 18.5. The molecule has 0 spiro atoms. The third-order valence-corrected chi connectivity index (χ3v) is 5.17. The maximum Gasteiger partial charge on any atom is 0.275 e. The van der Waals surface area contributed by atoms with Gasteiger partial charge in [-0.2, -0.15) is 5.10 Å². The number of hydrogen-bond acceptors (Lipinski definition) is 4. The molecule has 6 nitrogen and oxygen atoms in total. The first-order valence-electron chi connectivity index (χ1n) is 10.7. The van der Waals surface area contributed by atoms with Gasteiger partial charge in [-0.1, -0.05) is 30.3 Å². The van der Waals surface area contributed by atoms with Gasteiger partial charge in [0.25, 0.3) is 5.91 Å². The summed E-state index contributed by atoms with van der Waals surface area (Å²) < 4.78 is 39.2. The average molecular weight is 463 g/mol. The molecule has 0 aliphatic rings. The van der Waals surface area contributed by atoms with Crippen LogP contribution in [0.15, 0.2) is 79.0 Å². The van der Waals surface area contributed by atoms with Crippen LogP contribution in [0.5, 0.6) is 11.5 Å². The third kappa shape index (κ3) is 5.58. The second kappa shape index (κ2) is 10.6. The Bertz CT molecular complexity index is 1260. The van der Waals surface area contributed by atoms with Crippen LogP contribution in [0.2, 0.25) is 0 Å². The molecule has 1 amide bonds. The summed E-state index contributed by atoms with van der Waals surface area (Å²) in [5.74, 6) is -0.130. The largest absolute Gasteiger partial charge is 0.496 e. The monoisotopic (exact) mass is 463 g/mol. The molecule has 34 heavy (non-hydrogen) atoms. The molecule has 0 radical (unpaired) electrons. The molecule has 0 saturated heterocycles. The summed E-state index contributed by atoms with van der Waals surface area (Å²) in [7, 11) is 1.60.